The highest BCUT2D eigenvalue weighted by atomic mass is 127. The van der Waals surface area contributed by atoms with Crippen LogP contribution in [0.5, 0.6) is 11.5 Å². The van der Waals surface area contributed by atoms with Gasteiger partial charge in [0, 0.05) is 15.6 Å². The molecule has 0 fully saturated rings. The molecule has 0 heterocycles. The molecule has 21 heavy (non-hydrogen) atoms. The lowest BCUT2D eigenvalue weighted by atomic mass is 10.2. The van der Waals surface area contributed by atoms with E-state index >= 15 is 0 Å². The first-order chi connectivity index (χ1) is 10.2. The predicted octanol–water partition coefficient (Wildman–Crippen LogP) is 4.84. The van der Waals surface area contributed by atoms with Crippen molar-refractivity contribution in [1.82, 2.24) is 0 Å². The highest BCUT2D eigenvalue weighted by Crippen LogP contribution is 2.34. The smallest absolute Gasteiger partial charge is 0.175 e. The molecule has 0 bridgehead atoms. The number of ether oxygens (including phenoxy) is 2. The Labute approximate surface area is 145 Å². The number of carbonyl (C=O) groups is 1. The van der Waals surface area contributed by atoms with Gasteiger partial charge in [-0.3, -0.25) is 4.79 Å². The van der Waals surface area contributed by atoms with Crippen molar-refractivity contribution in [3.8, 4) is 11.5 Å². The van der Waals surface area contributed by atoms with Crippen LogP contribution in [0.3, 0.4) is 0 Å². The summed E-state index contributed by atoms with van der Waals surface area (Å²) in [5.74, 6) is 1.26. The van der Waals surface area contributed by atoms with Gasteiger partial charge in [-0.25, -0.2) is 0 Å². The summed E-state index contributed by atoms with van der Waals surface area (Å²) in [6.07, 6.45) is 0.808. The van der Waals surface area contributed by atoms with Crippen molar-refractivity contribution in [1.29, 1.82) is 0 Å². The summed E-state index contributed by atoms with van der Waals surface area (Å²) in [6, 6.07) is 11.4. The molecule has 0 saturated carbocycles. The zero-order chi connectivity index (χ0) is 15.2. The molecule has 0 aliphatic rings. The van der Waals surface area contributed by atoms with Crippen LogP contribution >= 0.6 is 38.5 Å². The summed E-state index contributed by atoms with van der Waals surface area (Å²) in [6.45, 7) is 2.85. The first-order valence-electron chi connectivity index (χ1n) is 6.43. The fourth-order valence-electron chi connectivity index (χ4n) is 1.82. The first-order valence-corrected chi connectivity index (χ1v) is 8.30. The molecule has 0 spiro atoms. The Morgan fingerprint density at radius 3 is 2.67 bits per heavy atom. The van der Waals surface area contributed by atoms with Crippen LogP contribution in [0.25, 0.3) is 0 Å². The molecule has 0 saturated heterocycles. The summed E-state index contributed by atoms with van der Waals surface area (Å²) < 4.78 is 13.3. The molecule has 0 N–H and O–H groups in total. The van der Waals surface area contributed by atoms with Gasteiger partial charge >= 0.3 is 0 Å². The van der Waals surface area contributed by atoms with Crippen molar-refractivity contribution in [3.05, 3.63) is 55.6 Å². The molecule has 0 unspecified atom stereocenters. The van der Waals surface area contributed by atoms with Crippen molar-refractivity contribution < 1.29 is 14.3 Å². The van der Waals surface area contributed by atoms with Gasteiger partial charge in [-0.15, -0.1) is 0 Å². The molecule has 0 atom stereocenters. The highest BCUT2D eigenvalue weighted by Gasteiger charge is 2.13. The Bertz CT molecular complexity index is 643. The van der Waals surface area contributed by atoms with Crippen LogP contribution in [0.15, 0.2) is 40.9 Å². The lowest BCUT2D eigenvalue weighted by Gasteiger charge is -2.15. The summed E-state index contributed by atoms with van der Waals surface area (Å²) in [7, 11) is 0. The van der Waals surface area contributed by atoms with Crippen molar-refractivity contribution in [2.75, 3.05) is 6.61 Å². The number of carbonyl (C=O) groups excluding carboxylic acids is 1. The molecule has 0 amide bonds. The van der Waals surface area contributed by atoms with Crippen LogP contribution in [-0.4, -0.2) is 12.9 Å². The second-order valence-electron chi connectivity index (χ2n) is 4.26. The van der Waals surface area contributed by atoms with E-state index in [9.17, 15) is 4.79 Å². The van der Waals surface area contributed by atoms with Crippen LogP contribution in [0.1, 0.15) is 22.8 Å². The van der Waals surface area contributed by atoms with Crippen LogP contribution in [0.2, 0.25) is 0 Å². The Balaban J connectivity index is 2.26. The molecule has 0 radical (unpaired) electrons. The summed E-state index contributed by atoms with van der Waals surface area (Å²) in [5.41, 5.74) is 1.63. The Morgan fingerprint density at radius 2 is 2.00 bits per heavy atom. The average molecular weight is 461 g/mol. The minimum atomic E-state index is 0.429. The van der Waals surface area contributed by atoms with Gasteiger partial charge in [0.1, 0.15) is 12.9 Å². The van der Waals surface area contributed by atoms with E-state index in [0.29, 0.717) is 30.3 Å². The second-order valence-corrected chi connectivity index (χ2v) is 6.28. The Kier molecular flexibility index (Phi) is 6.05. The number of halogens is 2. The molecule has 2 aromatic rings. The van der Waals surface area contributed by atoms with Gasteiger partial charge in [0.2, 0.25) is 0 Å². The number of benzene rings is 2. The van der Waals surface area contributed by atoms with Gasteiger partial charge in [0.25, 0.3) is 0 Å². The normalized spacial score (nSPS) is 10.2. The molecule has 3 nitrogen and oxygen atoms in total. The van der Waals surface area contributed by atoms with E-state index in [1.54, 1.807) is 12.1 Å². The monoisotopic (exact) mass is 460 g/mol. The number of hydrogen-bond acceptors (Lipinski definition) is 3. The molecule has 0 aromatic heterocycles. The molecule has 5 heteroatoms. The third-order valence-electron chi connectivity index (χ3n) is 2.80. The number of aldehydes is 1. The fraction of sp³-hybridized carbons (Fsp3) is 0.188. The zero-order valence-electron chi connectivity index (χ0n) is 11.4. The summed E-state index contributed by atoms with van der Waals surface area (Å²) in [4.78, 5) is 10.9. The SMILES string of the molecule is CCOc1cc(C=O)cc(I)c1OCc1ccccc1Br. The standard InChI is InChI=1S/C16H14BrIO3/c1-2-20-15-8-11(9-19)7-14(18)16(15)21-10-12-5-3-4-6-13(12)17/h3-9H,2,10H2,1H3. The lowest BCUT2D eigenvalue weighted by Crippen LogP contribution is -2.03. The zero-order valence-corrected chi connectivity index (χ0v) is 15.2. The second kappa shape index (κ2) is 7.79. The maximum Gasteiger partial charge on any atom is 0.175 e. The molecule has 110 valence electrons. The van der Waals surface area contributed by atoms with Crippen LogP contribution in [-0.2, 0) is 6.61 Å². The van der Waals surface area contributed by atoms with E-state index in [1.165, 1.54) is 0 Å². The van der Waals surface area contributed by atoms with Gasteiger partial charge < -0.3 is 9.47 Å². The van der Waals surface area contributed by atoms with Gasteiger partial charge in [-0.1, -0.05) is 34.1 Å². The van der Waals surface area contributed by atoms with Crippen LogP contribution in [0.4, 0.5) is 0 Å². The van der Waals surface area contributed by atoms with Crippen LogP contribution in [0, 0.1) is 3.57 Å². The molecule has 2 rings (SSSR count). The molecular formula is C16H14BrIO3. The van der Waals surface area contributed by atoms with E-state index in [4.69, 9.17) is 9.47 Å². The fourth-order valence-corrected chi connectivity index (χ4v) is 3.00. The number of hydrogen-bond donors (Lipinski definition) is 0. The van der Waals surface area contributed by atoms with Crippen molar-refractivity contribution >= 4 is 44.8 Å². The van der Waals surface area contributed by atoms with Gasteiger partial charge in [0.05, 0.1) is 10.2 Å². The van der Waals surface area contributed by atoms with E-state index in [-0.39, 0.29) is 0 Å². The molecule has 0 aliphatic carbocycles. The van der Waals surface area contributed by atoms with Crippen molar-refractivity contribution in [2.24, 2.45) is 0 Å². The maximum atomic E-state index is 10.9. The maximum absolute atomic E-state index is 10.9. The quantitative estimate of drug-likeness (QED) is 0.457. The van der Waals surface area contributed by atoms with Crippen molar-refractivity contribution in [3.63, 3.8) is 0 Å². The molecular weight excluding hydrogens is 447 g/mol. The van der Waals surface area contributed by atoms with E-state index in [0.717, 1.165) is 19.9 Å². The van der Waals surface area contributed by atoms with Gasteiger partial charge in [0.15, 0.2) is 11.5 Å². The Hall–Kier alpha value is -1.08. The largest absolute Gasteiger partial charge is 0.490 e. The Morgan fingerprint density at radius 1 is 1.24 bits per heavy atom. The van der Waals surface area contributed by atoms with E-state index in [2.05, 4.69) is 38.5 Å². The van der Waals surface area contributed by atoms with E-state index in [1.807, 2.05) is 31.2 Å². The van der Waals surface area contributed by atoms with Gasteiger partial charge in [-0.2, -0.15) is 0 Å². The topological polar surface area (TPSA) is 35.5 Å². The third kappa shape index (κ3) is 4.20. The highest BCUT2D eigenvalue weighted by molar-refractivity contribution is 14.1. The summed E-state index contributed by atoms with van der Waals surface area (Å²) in [5, 5.41) is 0. The summed E-state index contributed by atoms with van der Waals surface area (Å²) >= 11 is 5.65. The lowest BCUT2D eigenvalue weighted by molar-refractivity contribution is 0.112. The minimum Gasteiger partial charge on any atom is -0.490 e. The number of rotatable bonds is 6. The van der Waals surface area contributed by atoms with Crippen LogP contribution < -0.4 is 9.47 Å². The van der Waals surface area contributed by atoms with Crippen molar-refractivity contribution in [2.45, 2.75) is 13.5 Å². The predicted molar refractivity (Wildman–Crippen MR) is 94.2 cm³/mol. The first kappa shape index (κ1) is 16.3. The van der Waals surface area contributed by atoms with Gasteiger partial charge in [-0.05, 0) is 47.7 Å². The molecule has 2 aromatic carbocycles. The average Bonchev–Trinajstić information content (AvgIpc) is 2.48. The molecule has 0 aliphatic heterocycles. The third-order valence-corrected chi connectivity index (χ3v) is 4.37. The minimum absolute atomic E-state index is 0.429. The van der Waals surface area contributed by atoms with E-state index < -0.39 is 0 Å².